The van der Waals surface area contributed by atoms with E-state index in [0.29, 0.717) is 6.04 Å². The van der Waals surface area contributed by atoms with Crippen LogP contribution in [-0.2, 0) is 0 Å². The molecule has 0 unspecified atom stereocenters. The molecule has 1 atom stereocenters. The Kier molecular flexibility index (Phi) is 11.4. The van der Waals surface area contributed by atoms with Gasteiger partial charge in [0.25, 0.3) is 0 Å². The molecular formula is C17H30Cl2N2O2. The zero-order valence-corrected chi connectivity index (χ0v) is 16.0. The highest BCUT2D eigenvalue weighted by Gasteiger charge is 2.22. The fraction of sp³-hybridized carbons (Fsp3) is 0.647. The fourth-order valence-corrected chi connectivity index (χ4v) is 3.01. The smallest absolute Gasteiger partial charge is 0.161 e. The van der Waals surface area contributed by atoms with Crippen molar-refractivity contribution in [3.8, 4) is 11.5 Å². The molecule has 0 amide bonds. The Labute approximate surface area is 152 Å². The van der Waals surface area contributed by atoms with Gasteiger partial charge < -0.3 is 14.8 Å². The van der Waals surface area contributed by atoms with Crippen molar-refractivity contribution in [2.24, 2.45) is 0 Å². The molecule has 23 heavy (non-hydrogen) atoms. The SMILES string of the molecule is CCCC[C@H](c1ccc(OC)c(OC)c1)N1CCNCC1.Cl.Cl. The van der Waals surface area contributed by atoms with Gasteiger partial charge in [-0.3, -0.25) is 4.90 Å². The van der Waals surface area contributed by atoms with Gasteiger partial charge in [0, 0.05) is 32.2 Å². The Bertz CT molecular complexity index is 441. The van der Waals surface area contributed by atoms with Gasteiger partial charge in [0.2, 0.25) is 0 Å². The quantitative estimate of drug-likeness (QED) is 0.799. The number of benzene rings is 1. The van der Waals surface area contributed by atoms with Crippen LogP contribution in [0.1, 0.15) is 37.8 Å². The molecule has 1 aliphatic heterocycles. The Balaban J connectivity index is 0.00000242. The third kappa shape index (κ3) is 6.03. The second kappa shape index (κ2) is 11.8. The van der Waals surface area contributed by atoms with Gasteiger partial charge in [0.15, 0.2) is 11.5 Å². The lowest BCUT2D eigenvalue weighted by atomic mass is 9.98. The number of nitrogens with one attached hydrogen (secondary N) is 1. The number of hydrogen-bond acceptors (Lipinski definition) is 4. The van der Waals surface area contributed by atoms with Crippen molar-refractivity contribution in [2.45, 2.75) is 32.2 Å². The number of ether oxygens (including phenoxy) is 2. The van der Waals surface area contributed by atoms with Crippen LogP contribution in [0.15, 0.2) is 18.2 Å². The predicted molar refractivity (Wildman–Crippen MR) is 101 cm³/mol. The zero-order valence-electron chi connectivity index (χ0n) is 14.3. The molecule has 0 aromatic heterocycles. The molecule has 1 aromatic carbocycles. The van der Waals surface area contributed by atoms with Gasteiger partial charge >= 0.3 is 0 Å². The van der Waals surface area contributed by atoms with E-state index < -0.39 is 0 Å². The van der Waals surface area contributed by atoms with E-state index in [2.05, 4.69) is 29.3 Å². The van der Waals surface area contributed by atoms with Crippen molar-refractivity contribution in [1.82, 2.24) is 10.2 Å². The maximum atomic E-state index is 5.46. The third-order valence-electron chi connectivity index (χ3n) is 4.22. The van der Waals surface area contributed by atoms with Gasteiger partial charge in [-0.25, -0.2) is 0 Å². The summed E-state index contributed by atoms with van der Waals surface area (Å²) < 4.78 is 10.8. The van der Waals surface area contributed by atoms with Crippen LogP contribution in [0.5, 0.6) is 11.5 Å². The molecule has 4 nitrogen and oxygen atoms in total. The Morgan fingerprint density at radius 3 is 2.30 bits per heavy atom. The van der Waals surface area contributed by atoms with Gasteiger partial charge in [0.05, 0.1) is 14.2 Å². The first-order chi connectivity index (χ1) is 10.3. The molecular weight excluding hydrogens is 335 g/mol. The molecule has 1 aromatic rings. The van der Waals surface area contributed by atoms with Crippen LogP contribution in [0.3, 0.4) is 0 Å². The Morgan fingerprint density at radius 1 is 1.09 bits per heavy atom. The number of halogens is 2. The van der Waals surface area contributed by atoms with Gasteiger partial charge in [-0.05, 0) is 24.1 Å². The molecule has 6 heteroatoms. The second-order valence-corrected chi connectivity index (χ2v) is 5.56. The zero-order chi connectivity index (χ0) is 15.1. The lowest BCUT2D eigenvalue weighted by Gasteiger charge is -2.35. The van der Waals surface area contributed by atoms with Crippen molar-refractivity contribution in [3.05, 3.63) is 23.8 Å². The average Bonchev–Trinajstić information content (AvgIpc) is 2.56. The van der Waals surface area contributed by atoms with Crippen LogP contribution in [0, 0.1) is 0 Å². The van der Waals surface area contributed by atoms with E-state index in [4.69, 9.17) is 9.47 Å². The summed E-state index contributed by atoms with van der Waals surface area (Å²) in [7, 11) is 3.38. The molecule has 1 saturated heterocycles. The highest BCUT2D eigenvalue weighted by atomic mass is 35.5. The van der Waals surface area contributed by atoms with E-state index in [1.807, 2.05) is 6.07 Å². The minimum absolute atomic E-state index is 0. The van der Waals surface area contributed by atoms with Gasteiger partial charge in [-0.15, -0.1) is 24.8 Å². The van der Waals surface area contributed by atoms with Crippen LogP contribution < -0.4 is 14.8 Å². The third-order valence-corrected chi connectivity index (χ3v) is 4.22. The molecule has 0 aliphatic carbocycles. The fourth-order valence-electron chi connectivity index (χ4n) is 3.01. The summed E-state index contributed by atoms with van der Waals surface area (Å²) in [6.45, 7) is 6.64. The largest absolute Gasteiger partial charge is 0.493 e. The van der Waals surface area contributed by atoms with Gasteiger partial charge in [0.1, 0.15) is 0 Å². The first-order valence-electron chi connectivity index (χ1n) is 7.96. The van der Waals surface area contributed by atoms with Crippen LogP contribution in [0.25, 0.3) is 0 Å². The summed E-state index contributed by atoms with van der Waals surface area (Å²) in [4.78, 5) is 2.59. The monoisotopic (exact) mass is 364 g/mol. The highest BCUT2D eigenvalue weighted by Crippen LogP contribution is 2.34. The molecule has 0 saturated carbocycles. The van der Waals surface area contributed by atoms with E-state index in [1.54, 1.807) is 14.2 Å². The molecule has 1 N–H and O–H groups in total. The maximum absolute atomic E-state index is 5.46. The summed E-state index contributed by atoms with van der Waals surface area (Å²) in [6, 6.07) is 6.83. The second-order valence-electron chi connectivity index (χ2n) is 5.56. The van der Waals surface area contributed by atoms with Crippen molar-refractivity contribution in [1.29, 1.82) is 0 Å². The normalized spacial score (nSPS) is 16.0. The summed E-state index contributed by atoms with van der Waals surface area (Å²) in [5.74, 6) is 1.63. The van der Waals surface area contributed by atoms with Crippen molar-refractivity contribution < 1.29 is 9.47 Å². The predicted octanol–water partition coefficient (Wildman–Crippen LogP) is 3.68. The summed E-state index contributed by atoms with van der Waals surface area (Å²) in [5, 5.41) is 3.43. The number of unbranched alkanes of at least 4 members (excludes halogenated alkanes) is 1. The molecule has 1 aliphatic rings. The van der Waals surface area contributed by atoms with E-state index >= 15 is 0 Å². The van der Waals surface area contributed by atoms with Gasteiger partial charge in [-0.1, -0.05) is 25.8 Å². The molecule has 0 spiro atoms. The first kappa shape index (κ1) is 22.3. The van der Waals surface area contributed by atoms with Crippen LogP contribution in [0.4, 0.5) is 0 Å². The van der Waals surface area contributed by atoms with Crippen LogP contribution in [-0.4, -0.2) is 45.3 Å². The number of methoxy groups -OCH3 is 2. The molecule has 0 radical (unpaired) electrons. The summed E-state index contributed by atoms with van der Waals surface area (Å²) in [6.07, 6.45) is 3.69. The van der Waals surface area contributed by atoms with Crippen molar-refractivity contribution in [2.75, 3.05) is 40.4 Å². The average molecular weight is 365 g/mol. The van der Waals surface area contributed by atoms with E-state index in [0.717, 1.165) is 37.7 Å². The van der Waals surface area contributed by atoms with Crippen LogP contribution in [0.2, 0.25) is 0 Å². The Morgan fingerprint density at radius 2 is 1.74 bits per heavy atom. The lowest BCUT2D eigenvalue weighted by Crippen LogP contribution is -2.45. The summed E-state index contributed by atoms with van der Waals surface area (Å²) >= 11 is 0. The van der Waals surface area contributed by atoms with E-state index in [-0.39, 0.29) is 24.8 Å². The number of nitrogens with zero attached hydrogens (tertiary/aromatic N) is 1. The Hall–Kier alpha value is -0.680. The number of hydrogen-bond donors (Lipinski definition) is 1. The molecule has 0 bridgehead atoms. The van der Waals surface area contributed by atoms with E-state index in [1.165, 1.54) is 24.8 Å². The topological polar surface area (TPSA) is 33.7 Å². The maximum Gasteiger partial charge on any atom is 0.161 e. The molecule has 1 heterocycles. The standard InChI is InChI=1S/C17H28N2O2.2ClH/c1-4-5-6-15(19-11-9-18-10-12-19)14-7-8-16(20-2)17(13-14)21-3;;/h7-8,13,15,18H,4-6,9-12H2,1-3H3;2*1H/t15-;;/m1../s1. The van der Waals surface area contributed by atoms with Crippen molar-refractivity contribution >= 4 is 24.8 Å². The van der Waals surface area contributed by atoms with Gasteiger partial charge in [-0.2, -0.15) is 0 Å². The molecule has 134 valence electrons. The number of piperazine rings is 1. The minimum atomic E-state index is 0. The summed E-state index contributed by atoms with van der Waals surface area (Å²) in [5.41, 5.74) is 1.34. The lowest BCUT2D eigenvalue weighted by molar-refractivity contribution is 0.163. The first-order valence-corrected chi connectivity index (χ1v) is 7.96. The minimum Gasteiger partial charge on any atom is -0.493 e. The molecule has 2 rings (SSSR count). The molecule has 1 fully saturated rings. The van der Waals surface area contributed by atoms with Crippen LogP contribution >= 0.6 is 24.8 Å². The highest BCUT2D eigenvalue weighted by molar-refractivity contribution is 5.85. The van der Waals surface area contributed by atoms with E-state index in [9.17, 15) is 0 Å². The van der Waals surface area contributed by atoms with Crippen molar-refractivity contribution in [3.63, 3.8) is 0 Å². The number of rotatable bonds is 7.